The summed E-state index contributed by atoms with van der Waals surface area (Å²) in [7, 11) is 0. The third-order valence-corrected chi connectivity index (χ3v) is 4.08. The number of aromatic nitrogens is 1. The highest BCUT2D eigenvalue weighted by Gasteiger charge is 2.06. The lowest BCUT2D eigenvalue weighted by molar-refractivity contribution is -0.116. The Hall–Kier alpha value is -2.43. The largest absolute Gasteiger partial charge is 0.324 e. The lowest BCUT2D eigenvalue weighted by Gasteiger charge is -2.09. The molecular weight excluding hydrogens is 322 g/mol. The first-order valence-corrected chi connectivity index (χ1v) is 8.19. The average Bonchev–Trinajstić information content (AvgIpc) is 2.60. The van der Waals surface area contributed by atoms with Crippen molar-refractivity contribution in [1.82, 2.24) is 10.3 Å². The van der Waals surface area contributed by atoms with E-state index in [0.29, 0.717) is 19.5 Å². The Bertz CT molecular complexity index is 845. The van der Waals surface area contributed by atoms with Crippen molar-refractivity contribution in [2.24, 2.45) is 0 Å². The zero-order valence-corrected chi connectivity index (χ0v) is 13.9. The molecule has 0 unspecified atom stereocenters. The van der Waals surface area contributed by atoms with Crippen LogP contribution in [0.1, 0.15) is 12.0 Å². The number of hydrogen-bond acceptors (Lipinski definition) is 3. The zero-order chi connectivity index (χ0) is 16.8. The number of halogens is 1. The number of anilines is 1. The van der Waals surface area contributed by atoms with Gasteiger partial charge in [-0.3, -0.25) is 9.78 Å². The molecule has 0 saturated carbocycles. The summed E-state index contributed by atoms with van der Waals surface area (Å²) in [6.07, 6.45) is 2.11. The number of benzene rings is 2. The first-order chi connectivity index (χ1) is 11.7. The van der Waals surface area contributed by atoms with Crippen LogP contribution in [0.15, 0.2) is 60.8 Å². The number of nitrogens with zero attached hydrogens (tertiary/aromatic N) is 1. The number of fused-ring (bicyclic) bond motifs is 1. The molecule has 122 valence electrons. The maximum Gasteiger partial charge on any atom is 0.225 e. The second kappa shape index (κ2) is 7.90. The first-order valence-electron chi connectivity index (χ1n) is 7.82. The van der Waals surface area contributed by atoms with Crippen LogP contribution in [-0.2, 0) is 11.3 Å². The summed E-state index contributed by atoms with van der Waals surface area (Å²) >= 11 is 6.10. The molecule has 0 aliphatic heterocycles. The number of carbonyl (C=O) groups excluding carboxylic acids is 1. The molecule has 1 aromatic heterocycles. The normalized spacial score (nSPS) is 10.7. The van der Waals surface area contributed by atoms with E-state index in [1.807, 2.05) is 54.6 Å². The van der Waals surface area contributed by atoms with E-state index in [9.17, 15) is 4.79 Å². The fourth-order valence-corrected chi connectivity index (χ4v) is 2.69. The molecule has 24 heavy (non-hydrogen) atoms. The average molecular weight is 340 g/mol. The van der Waals surface area contributed by atoms with Gasteiger partial charge in [-0.15, -0.1) is 0 Å². The highest BCUT2D eigenvalue weighted by Crippen LogP contribution is 2.20. The SMILES string of the molecule is O=C(CCNCc1ccccc1Cl)Nc1cccc2cccnc12. The van der Waals surface area contributed by atoms with Crippen molar-refractivity contribution in [2.75, 3.05) is 11.9 Å². The van der Waals surface area contributed by atoms with E-state index < -0.39 is 0 Å². The van der Waals surface area contributed by atoms with Crippen LogP contribution in [0.2, 0.25) is 5.02 Å². The molecule has 3 aromatic rings. The Morgan fingerprint density at radius 2 is 1.88 bits per heavy atom. The van der Waals surface area contributed by atoms with Crippen molar-refractivity contribution < 1.29 is 4.79 Å². The fourth-order valence-electron chi connectivity index (χ4n) is 2.48. The summed E-state index contributed by atoms with van der Waals surface area (Å²) < 4.78 is 0. The molecule has 1 amide bonds. The molecule has 0 spiro atoms. The molecule has 0 bridgehead atoms. The molecule has 3 rings (SSSR count). The molecule has 2 aromatic carbocycles. The summed E-state index contributed by atoms with van der Waals surface area (Å²) in [6.45, 7) is 1.22. The third kappa shape index (κ3) is 4.10. The first kappa shape index (κ1) is 16.4. The quantitative estimate of drug-likeness (QED) is 0.667. The summed E-state index contributed by atoms with van der Waals surface area (Å²) in [5.74, 6) is -0.0418. The third-order valence-electron chi connectivity index (χ3n) is 3.71. The molecule has 0 aliphatic rings. The van der Waals surface area contributed by atoms with Gasteiger partial charge in [-0.25, -0.2) is 0 Å². The Kier molecular flexibility index (Phi) is 5.41. The number of rotatable bonds is 6. The van der Waals surface area contributed by atoms with Gasteiger partial charge in [-0.2, -0.15) is 0 Å². The Morgan fingerprint density at radius 1 is 1.04 bits per heavy atom. The van der Waals surface area contributed by atoms with Crippen LogP contribution in [0.4, 0.5) is 5.69 Å². The number of pyridine rings is 1. The second-order valence-corrected chi connectivity index (χ2v) is 5.85. The maximum atomic E-state index is 12.1. The Morgan fingerprint density at radius 3 is 2.75 bits per heavy atom. The monoisotopic (exact) mass is 339 g/mol. The van der Waals surface area contributed by atoms with Gasteiger partial charge in [0.2, 0.25) is 5.91 Å². The van der Waals surface area contributed by atoms with Crippen molar-refractivity contribution in [3.63, 3.8) is 0 Å². The molecule has 2 N–H and O–H groups in total. The highest BCUT2D eigenvalue weighted by molar-refractivity contribution is 6.31. The zero-order valence-electron chi connectivity index (χ0n) is 13.1. The smallest absolute Gasteiger partial charge is 0.225 e. The number of amides is 1. The van der Waals surface area contributed by atoms with Crippen molar-refractivity contribution >= 4 is 34.1 Å². The van der Waals surface area contributed by atoms with E-state index in [2.05, 4.69) is 15.6 Å². The lowest BCUT2D eigenvalue weighted by atomic mass is 10.2. The van der Waals surface area contributed by atoms with E-state index in [1.165, 1.54) is 0 Å². The Labute approximate surface area is 145 Å². The number of carbonyl (C=O) groups is 1. The van der Waals surface area contributed by atoms with Gasteiger partial charge >= 0.3 is 0 Å². The van der Waals surface area contributed by atoms with E-state index in [0.717, 1.165) is 27.2 Å². The minimum atomic E-state index is -0.0418. The van der Waals surface area contributed by atoms with Gasteiger partial charge in [0.1, 0.15) is 0 Å². The van der Waals surface area contributed by atoms with E-state index in [4.69, 9.17) is 11.6 Å². The van der Waals surface area contributed by atoms with Gasteiger partial charge in [-0.1, -0.05) is 48.0 Å². The summed E-state index contributed by atoms with van der Waals surface area (Å²) in [5, 5.41) is 7.90. The van der Waals surface area contributed by atoms with Gasteiger partial charge in [0, 0.05) is 36.1 Å². The molecule has 4 nitrogen and oxygen atoms in total. The fraction of sp³-hybridized carbons (Fsp3) is 0.158. The van der Waals surface area contributed by atoms with E-state index >= 15 is 0 Å². The summed E-state index contributed by atoms with van der Waals surface area (Å²) in [6, 6.07) is 17.3. The van der Waals surface area contributed by atoms with Crippen LogP contribution in [0.3, 0.4) is 0 Å². The van der Waals surface area contributed by atoms with Gasteiger partial charge in [0.15, 0.2) is 0 Å². The molecule has 0 aliphatic carbocycles. The predicted molar refractivity (Wildman–Crippen MR) is 98.1 cm³/mol. The van der Waals surface area contributed by atoms with Crippen LogP contribution in [0, 0.1) is 0 Å². The van der Waals surface area contributed by atoms with E-state index in [-0.39, 0.29) is 5.91 Å². The molecular formula is C19H18ClN3O. The van der Waals surface area contributed by atoms with Gasteiger partial charge in [0.25, 0.3) is 0 Å². The molecule has 0 saturated heterocycles. The van der Waals surface area contributed by atoms with Crippen LogP contribution in [0.5, 0.6) is 0 Å². The van der Waals surface area contributed by atoms with E-state index in [1.54, 1.807) is 6.20 Å². The minimum absolute atomic E-state index is 0.0418. The van der Waals surface area contributed by atoms with Gasteiger partial charge < -0.3 is 10.6 Å². The van der Waals surface area contributed by atoms with Crippen molar-refractivity contribution in [2.45, 2.75) is 13.0 Å². The second-order valence-electron chi connectivity index (χ2n) is 5.45. The Balaban J connectivity index is 1.51. The summed E-state index contributed by atoms with van der Waals surface area (Å²) in [4.78, 5) is 16.5. The summed E-state index contributed by atoms with van der Waals surface area (Å²) in [5.41, 5.74) is 2.57. The number of hydrogen-bond donors (Lipinski definition) is 2. The molecule has 5 heteroatoms. The van der Waals surface area contributed by atoms with Gasteiger partial charge in [0.05, 0.1) is 11.2 Å². The van der Waals surface area contributed by atoms with Crippen LogP contribution >= 0.6 is 11.6 Å². The molecule has 0 atom stereocenters. The standard InChI is InChI=1S/C19H18ClN3O/c20-16-8-2-1-5-15(16)13-21-12-10-18(24)23-17-9-3-6-14-7-4-11-22-19(14)17/h1-9,11,21H,10,12-13H2,(H,23,24). The van der Waals surface area contributed by atoms with Crippen molar-refractivity contribution in [3.05, 3.63) is 71.4 Å². The van der Waals surface area contributed by atoms with Crippen LogP contribution in [0.25, 0.3) is 10.9 Å². The lowest BCUT2D eigenvalue weighted by Crippen LogP contribution is -2.21. The highest BCUT2D eigenvalue weighted by atomic mass is 35.5. The van der Waals surface area contributed by atoms with Crippen LogP contribution < -0.4 is 10.6 Å². The minimum Gasteiger partial charge on any atom is -0.324 e. The molecule has 0 radical (unpaired) electrons. The van der Waals surface area contributed by atoms with Gasteiger partial charge in [-0.05, 0) is 23.8 Å². The maximum absolute atomic E-state index is 12.1. The number of nitrogens with one attached hydrogen (secondary N) is 2. The van der Waals surface area contributed by atoms with Crippen molar-refractivity contribution in [1.29, 1.82) is 0 Å². The van der Waals surface area contributed by atoms with Crippen molar-refractivity contribution in [3.8, 4) is 0 Å². The number of para-hydroxylation sites is 1. The predicted octanol–water partition coefficient (Wildman–Crippen LogP) is 4.01. The molecule has 0 fully saturated rings. The molecule has 1 heterocycles. The van der Waals surface area contributed by atoms with Crippen LogP contribution in [-0.4, -0.2) is 17.4 Å². The topological polar surface area (TPSA) is 54.0 Å².